The number of nitrogens with one attached hydrogen (secondary N) is 2. The van der Waals surface area contributed by atoms with Crippen LogP contribution in [0, 0.1) is 0 Å². The number of rotatable bonds is 5. The lowest BCUT2D eigenvalue weighted by Crippen LogP contribution is -2.24. The maximum atomic E-state index is 12.0. The van der Waals surface area contributed by atoms with Crippen molar-refractivity contribution in [1.82, 2.24) is 5.32 Å². The van der Waals surface area contributed by atoms with Crippen molar-refractivity contribution in [2.45, 2.75) is 57.9 Å². The minimum absolute atomic E-state index is 0.0244. The Morgan fingerprint density at radius 2 is 1.95 bits per heavy atom. The second-order valence-electron chi connectivity index (χ2n) is 5.67. The molecule has 1 amide bonds. The van der Waals surface area contributed by atoms with Crippen molar-refractivity contribution in [2.75, 3.05) is 11.9 Å². The van der Waals surface area contributed by atoms with Gasteiger partial charge in [0, 0.05) is 23.8 Å². The second kappa shape index (κ2) is 7.93. The van der Waals surface area contributed by atoms with Crippen LogP contribution < -0.4 is 10.6 Å². The highest BCUT2D eigenvalue weighted by Gasteiger charge is 2.12. The van der Waals surface area contributed by atoms with E-state index in [1.165, 1.54) is 38.5 Å². The van der Waals surface area contributed by atoms with Gasteiger partial charge in [0.05, 0.1) is 0 Å². The molecule has 2 N–H and O–H groups in total. The molecule has 2 rings (SSSR count). The Kier molecular flexibility index (Phi) is 5.90. The van der Waals surface area contributed by atoms with E-state index in [1.807, 2.05) is 18.2 Å². The van der Waals surface area contributed by atoms with E-state index >= 15 is 0 Å². The van der Waals surface area contributed by atoms with Gasteiger partial charge in [-0.1, -0.05) is 38.7 Å². The summed E-state index contributed by atoms with van der Waals surface area (Å²) in [4.78, 5) is 12.0. The highest BCUT2D eigenvalue weighted by Crippen LogP contribution is 2.21. The second-order valence-corrected chi connectivity index (χ2v) is 5.67. The van der Waals surface area contributed by atoms with E-state index < -0.39 is 0 Å². The van der Waals surface area contributed by atoms with Gasteiger partial charge in [0.25, 0.3) is 5.91 Å². The summed E-state index contributed by atoms with van der Waals surface area (Å²) in [6, 6.07) is 8.42. The highest BCUT2D eigenvalue weighted by atomic mass is 16.1. The Morgan fingerprint density at radius 3 is 2.65 bits per heavy atom. The molecule has 20 heavy (non-hydrogen) atoms. The average molecular weight is 274 g/mol. The maximum absolute atomic E-state index is 12.0. The predicted molar refractivity (Wildman–Crippen MR) is 84.2 cm³/mol. The van der Waals surface area contributed by atoms with Gasteiger partial charge in [0.15, 0.2) is 0 Å². The molecule has 0 aromatic heterocycles. The SMILES string of the molecule is CCCNC(=O)c1cccc(NC2CCCCCC2)c1. The molecule has 0 atom stereocenters. The van der Waals surface area contributed by atoms with Crippen LogP contribution in [0.1, 0.15) is 62.2 Å². The standard InChI is InChI=1S/C17H26N2O/c1-2-12-18-17(20)14-8-7-11-16(13-14)19-15-9-5-3-4-6-10-15/h7-8,11,13,15,19H,2-6,9-10,12H2,1H3,(H,18,20). The first kappa shape index (κ1) is 14.9. The van der Waals surface area contributed by atoms with Crippen molar-refractivity contribution in [1.29, 1.82) is 0 Å². The van der Waals surface area contributed by atoms with Crippen molar-refractivity contribution in [3.05, 3.63) is 29.8 Å². The van der Waals surface area contributed by atoms with Crippen LogP contribution in [0.4, 0.5) is 5.69 Å². The van der Waals surface area contributed by atoms with E-state index in [0.29, 0.717) is 6.04 Å². The molecule has 1 aromatic rings. The molecule has 0 aliphatic heterocycles. The summed E-state index contributed by atoms with van der Waals surface area (Å²) in [6.45, 7) is 2.80. The summed E-state index contributed by atoms with van der Waals surface area (Å²) in [5.74, 6) is 0.0244. The van der Waals surface area contributed by atoms with Crippen molar-refractivity contribution in [3.63, 3.8) is 0 Å². The molecular weight excluding hydrogens is 248 g/mol. The Balaban J connectivity index is 1.96. The topological polar surface area (TPSA) is 41.1 Å². The molecule has 110 valence electrons. The summed E-state index contributed by atoms with van der Waals surface area (Å²) in [5.41, 5.74) is 1.82. The monoisotopic (exact) mass is 274 g/mol. The van der Waals surface area contributed by atoms with Gasteiger partial charge >= 0.3 is 0 Å². The summed E-state index contributed by atoms with van der Waals surface area (Å²) in [7, 11) is 0. The lowest BCUT2D eigenvalue weighted by atomic mass is 10.1. The van der Waals surface area contributed by atoms with Gasteiger partial charge in [-0.25, -0.2) is 0 Å². The molecule has 3 heteroatoms. The zero-order chi connectivity index (χ0) is 14.2. The Labute approximate surface area is 122 Å². The van der Waals surface area contributed by atoms with Crippen molar-refractivity contribution < 1.29 is 4.79 Å². The third kappa shape index (κ3) is 4.55. The highest BCUT2D eigenvalue weighted by molar-refractivity contribution is 5.95. The number of carbonyl (C=O) groups excluding carboxylic acids is 1. The van der Waals surface area contributed by atoms with Crippen LogP contribution in [-0.2, 0) is 0 Å². The third-order valence-corrected chi connectivity index (χ3v) is 3.89. The van der Waals surface area contributed by atoms with Crippen LogP contribution in [0.2, 0.25) is 0 Å². The molecular formula is C17H26N2O. The fourth-order valence-corrected chi connectivity index (χ4v) is 2.75. The molecule has 1 aliphatic rings. The summed E-state index contributed by atoms with van der Waals surface area (Å²) in [5, 5.41) is 6.51. The number of amides is 1. The first-order chi connectivity index (χ1) is 9.79. The molecule has 0 spiro atoms. The van der Waals surface area contributed by atoms with Crippen LogP contribution >= 0.6 is 0 Å². The van der Waals surface area contributed by atoms with Gasteiger partial charge in [-0.15, -0.1) is 0 Å². The molecule has 0 saturated heterocycles. The number of benzene rings is 1. The number of carbonyl (C=O) groups is 1. The van der Waals surface area contributed by atoms with Gasteiger partial charge in [0.2, 0.25) is 0 Å². The van der Waals surface area contributed by atoms with Crippen LogP contribution in [0.25, 0.3) is 0 Å². The zero-order valence-corrected chi connectivity index (χ0v) is 12.5. The van der Waals surface area contributed by atoms with E-state index in [1.54, 1.807) is 0 Å². The molecule has 1 aliphatic carbocycles. The van der Waals surface area contributed by atoms with Crippen LogP contribution in [0.5, 0.6) is 0 Å². The molecule has 0 unspecified atom stereocenters. The largest absolute Gasteiger partial charge is 0.382 e. The first-order valence-corrected chi connectivity index (χ1v) is 7.94. The predicted octanol–water partition coefficient (Wildman–Crippen LogP) is 3.96. The number of hydrogen-bond acceptors (Lipinski definition) is 2. The normalized spacial score (nSPS) is 16.4. The molecule has 0 radical (unpaired) electrons. The molecule has 0 heterocycles. The molecule has 1 fully saturated rings. The van der Waals surface area contributed by atoms with E-state index in [2.05, 4.69) is 23.6 Å². The van der Waals surface area contributed by atoms with E-state index in [0.717, 1.165) is 24.2 Å². The smallest absolute Gasteiger partial charge is 0.251 e. The molecule has 0 bridgehead atoms. The van der Waals surface area contributed by atoms with Gasteiger partial charge in [-0.05, 0) is 37.5 Å². The lowest BCUT2D eigenvalue weighted by molar-refractivity contribution is 0.0953. The average Bonchev–Trinajstić information content (AvgIpc) is 2.73. The Bertz CT molecular complexity index is 423. The Morgan fingerprint density at radius 1 is 1.20 bits per heavy atom. The number of anilines is 1. The van der Waals surface area contributed by atoms with Gasteiger partial charge in [0.1, 0.15) is 0 Å². The summed E-state index contributed by atoms with van der Waals surface area (Å²) in [6.07, 6.45) is 8.79. The minimum atomic E-state index is 0.0244. The van der Waals surface area contributed by atoms with Gasteiger partial charge in [-0.3, -0.25) is 4.79 Å². The first-order valence-electron chi connectivity index (χ1n) is 7.94. The lowest BCUT2D eigenvalue weighted by Gasteiger charge is -2.18. The maximum Gasteiger partial charge on any atom is 0.251 e. The van der Waals surface area contributed by atoms with Gasteiger partial charge in [-0.2, -0.15) is 0 Å². The summed E-state index contributed by atoms with van der Waals surface area (Å²) >= 11 is 0. The van der Waals surface area contributed by atoms with Crippen LogP contribution in [0.15, 0.2) is 24.3 Å². The van der Waals surface area contributed by atoms with E-state index in [-0.39, 0.29) is 5.91 Å². The van der Waals surface area contributed by atoms with Gasteiger partial charge < -0.3 is 10.6 Å². The van der Waals surface area contributed by atoms with Crippen molar-refractivity contribution in [2.24, 2.45) is 0 Å². The van der Waals surface area contributed by atoms with Crippen molar-refractivity contribution >= 4 is 11.6 Å². The fourth-order valence-electron chi connectivity index (χ4n) is 2.75. The van der Waals surface area contributed by atoms with Crippen LogP contribution in [-0.4, -0.2) is 18.5 Å². The minimum Gasteiger partial charge on any atom is -0.382 e. The summed E-state index contributed by atoms with van der Waals surface area (Å²) < 4.78 is 0. The van der Waals surface area contributed by atoms with E-state index in [4.69, 9.17) is 0 Å². The molecule has 1 saturated carbocycles. The molecule has 3 nitrogen and oxygen atoms in total. The quantitative estimate of drug-likeness (QED) is 0.798. The zero-order valence-electron chi connectivity index (χ0n) is 12.5. The molecule has 1 aromatic carbocycles. The number of hydrogen-bond donors (Lipinski definition) is 2. The third-order valence-electron chi connectivity index (χ3n) is 3.89. The van der Waals surface area contributed by atoms with E-state index in [9.17, 15) is 4.79 Å². The van der Waals surface area contributed by atoms with Crippen molar-refractivity contribution in [3.8, 4) is 0 Å². The fraction of sp³-hybridized carbons (Fsp3) is 0.588. The van der Waals surface area contributed by atoms with Crippen LogP contribution in [0.3, 0.4) is 0 Å². The Hall–Kier alpha value is -1.51.